The summed E-state index contributed by atoms with van der Waals surface area (Å²) in [6.07, 6.45) is 5.69. The molecule has 1 heterocycles. The molecule has 170 valence electrons. The fraction of sp³-hybridized carbons (Fsp3) is 0.333. The molecule has 0 saturated heterocycles. The maximum absolute atomic E-state index is 12.9. The molecule has 0 spiro atoms. The highest BCUT2D eigenvalue weighted by molar-refractivity contribution is 5.91. The van der Waals surface area contributed by atoms with Crippen LogP contribution in [0, 0.1) is 0 Å². The molecule has 0 radical (unpaired) electrons. The van der Waals surface area contributed by atoms with E-state index in [-0.39, 0.29) is 24.3 Å². The minimum Gasteiger partial charge on any atom is -0.480 e. The molecule has 0 aliphatic heterocycles. The van der Waals surface area contributed by atoms with E-state index < -0.39 is 17.9 Å². The Morgan fingerprint density at radius 2 is 1.56 bits per heavy atom. The van der Waals surface area contributed by atoms with Gasteiger partial charge in [0, 0.05) is 0 Å². The van der Waals surface area contributed by atoms with Crippen molar-refractivity contribution in [3.05, 3.63) is 83.9 Å². The lowest BCUT2D eigenvalue weighted by Crippen LogP contribution is -2.30. The minimum atomic E-state index is -0.972. The van der Waals surface area contributed by atoms with Crippen molar-refractivity contribution in [2.45, 2.75) is 51.1 Å². The molecule has 0 aliphatic carbocycles. The van der Waals surface area contributed by atoms with Crippen LogP contribution in [0.5, 0.6) is 0 Å². The molecule has 1 amide bonds. The molecule has 7 nitrogen and oxygen atoms in total. The monoisotopic (exact) mass is 456 g/mol. The first-order valence-corrected chi connectivity index (χ1v) is 10.6. The summed E-state index contributed by atoms with van der Waals surface area (Å²) in [4.78, 5) is 28.7. The van der Waals surface area contributed by atoms with Crippen LogP contribution in [0.1, 0.15) is 72.9 Å². The average molecular weight is 457 g/mol. The first-order chi connectivity index (χ1) is 15.1. The van der Waals surface area contributed by atoms with Crippen LogP contribution in [0.15, 0.2) is 67.0 Å². The van der Waals surface area contributed by atoms with Crippen molar-refractivity contribution in [2.75, 3.05) is 0 Å². The number of aliphatic carboxylic acids is 1. The van der Waals surface area contributed by atoms with E-state index in [2.05, 4.69) is 22.3 Å². The lowest BCUT2D eigenvalue weighted by Gasteiger charge is -2.19. The molecule has 2 aromatic carbocycles. The maximum atomic E-state index is 12.9. The molecule has 0 aliphatic rings. The molecule has 2 N–H and O–H groups in total. The van der Waals surface area contributed by atoms with E-state index in [1.807, 2.05) is 60.7 Å². The zero-order valence-corrected chi connectivity index (χ0v) is 18.9. The number of nitrogens with zero attached hydrogens (tertiary/aromatic N) is 3. The lowest BCUT2D eigenvalue weighted by molar-refractivity contribution is -0.141. The predicted molar refractivity (Wildman–Crippen MR) is 125 cm³/mol. The summed E-state index contributed by atoms with van der Waals surface area (Å²) < 4.78 is 1.28. The normalized spacial score (nSPS) is 11.6. The predicted octanol–water partition coefficient (Wildman–Crippen LogP) is 4.82. The molecule has 1 unspecified atom stereocenters. The summed E-state index contributed by atoms with van der Waals surface area (Å²) in [5.74, 6) is -1.47. The van der Waals surface area contributed by atoms with Gasteiger partial charge in [-0.2, -0.15) is 0 Å². The number of amides is 1. The van der Waals surface area contributed by atoms with Gasteiger partial charge in [0.1, 0.15) is 6.33 Å². The largest absolute Gasteiger partial charge is 0.480 e. The van der Waals surface area contributed by atoms with Crippen molar-refractivity contribution in [2.24, 2.45) is 0 Å². The molecule has 1 aromatic heterocycles. The fourth-order valence-corrected chi connectivity index (χ4v) is 3.51. The fourth-order valence-electron chi connectivity index (χ4n) is 3.51. The first-order valence-electron chi connectivity index (χ1n) is 10.6. The van der Waals surface area contributed by atoms with Crippen LogP contribution in [-0.2, 0) is 4.79 Å². The van der Waals surface area contributed by atoms with Crippen LogP contribution in [-0.4, -0.2) is 31.7 Å². The molecule has 0 saturated carbocycles. The summed E-state index contributed by atoms with van der Waals surface area (Å²) in [5.41, 5.74) is 1.86. The number of carbonyl (C=O) groups is 2. The molecule has 8 heteroatoms. The van der Waals surface area contributed by atoms with Gasteiger partial charge in [-0.15, -0.1) is 17.5 Å². The van der Waals surface area contributed by atoms with Crippen molar-refractivity contribution >= 4 is 24.3 Å². The van der Waals surface area contributed by atoms with Gasteiger partial charge in [-0.1, -0.05) is 93.3 Å². The Balaban J connectivity index is 0.00000363. The number of hydrogen-bond acceptors (Lipinski definition) is 4. The summed E-state index contributed by atoms with van der Waals surface area (Å²) in [5, 5.41) is 16.8. The van der Waals surface area contributed by atoms with Gasteiger partial charge in [-0.25, -0.2) is 14.5 Å². The molecular formula is C24H29ClN4O3. The molecule has 3 rings (SSSR count). The molecule has 3 aromatic rings. The van der Waals surface area contributed by atoms with Crippen LogP contribution < -0.4 is 5.32 Å². The van der Waals surface area contributed by atoms with Gasteiger partial charge in [0.25, 0.3) is 5.91 Å². The van der Waals surface area contributed by atoms with E-state index in [4.69, 9.17) is 0 Å². The quantitative estimate of drug-likeness (QED) is 0.403. The van der Waals surface area contributed by atoms with Crippen LogP contribution in [0.2, 0.25) is 0 Å². The summed E-state index contributed by atoms with van der Waals surface area (Å²) in [7, 11) is 0. The number of carboxylic acid groups (broad SMARTS) is 1. The second-order valence-corrected chi connectivity index (χ2v) is 7.48. The van der Waals surface area contributed by atoms with Crippen molar-refractivity contribution in [3.8, 4) is 0 Å². The number of unbranched alkanes of at least 4 members (excludes halogenated alkanes) is 3. The van der Waals surface area contributed by atoms with Gasteiger partial charge in [-0.05, 0) is 17.5 Å². The Hall–Kier alpha value is -3.19. The third kappa shape index (κ3) is 6.65. The Bertz CT molecular complexity index is 940. The van der Waals surface area contributed by atoms with Gasteiger partial charge in [0.15, 0.2) is 6.04 Å². The second kappa shape index (κ2) is 12.6. The summed E-state index contributed by atoms with van der Waals surface area (Å²) >= 11 is 0. The standard InChI is InChI=1S/C24H28N4O3.ClH/c1-2-3-4-11-16-20(24(30)31)28-17-25-22(27-28)23(29)26-21(18-12-7-5-8-13-18)19-14-9-6-10-15-19;/h5-10,12-15,17,20-21H,2-4,11,16H2,1H3,(H,26,29)(H,30,31);1H. The number of halogens is 1. The Morgan fingerprint density at radius 3 is 2.09 bits per heavy atom. The molecule has 1 atom stereocenters. The number of aromatic nitrogens is 3. The van der Waals surface area contributed by atoms with E-state index in [9.17, 15) is 14.7 Å². The van der Waals surface area contributed by atoms with Gasteiger partial charge in [0.2, 0.25) is 5.82 Å². The first kappa shape index (κ1) is 25.1. The van der Waals surface area contributed by atoms with E-state index in [1.54, 1.807) is 0 Å². The van der Waals surface area contributed by atoms with Crippen molar-refractivity contribution in [1.29, 1.82) is 0 Å². The molecular weight excluding hydrogens is 428 g/mol. The number of hydrogen-bond donors (Lipinski definition) is 2. The Kier molecular flexibility index (Phi) is 9.88. The van der Waals surface area contributed by atoms with Crippen LogP contribution in [0.3, 0.4) is 0 Å². The summed E-state index contributed by atoms with van der Waals surface area (Å²) in [6, 6.07) is 18.1. The average Bonchev–Trinajstić information content (AvgIpc) is 3.28. The maximum Gasteiger partial charge on any atom is 0.328 e. The highest BCUT2D eigenvalue weighted by Gasteiger charge is 2.24. The minimum absolute atomic E-state index is 0. The van der Waals surface area contributed by atoms with E-state index in [1.165, 1.54) is 11.0 Å². The Labute approximate surface area is 194 Å². The van der Waals surface area contributed by atoms with Crippen molar-refractivity contribution in [3.63, 3.8) is 0 Å². The zero-order valence-electron chi connectivity index (χ0n) is 18.1. The highest BCUT2D eigenvalue weighted by atomic mass is 35.5. The highest BCUT2D eigenvalue weighted by Crippen LogP contribution is 2.22. The lowest BCUT2D eigenvalue weighted by atomic mass is 9.99. The van der Waals surface area contributed by atoms with Crippen molar-refractivity contribution < 1.29 is 14.7 Å². The number of carboxylic acids is 1. The van der Waals surface area contributed by atoms with Gasteiger partial charge in [-0.3, -0.25) is 4.79 Å². The number of benzene rings is 2. The van der Waals surface area contributed by atoms with E-state index in [0.29, 0.717) is 6.42 Å². The number of rotatable bonds is 11. The van der Waals surface area contributed by atoms with Gasteiger partial charge < -0.3 is 10.4 Å². The van der Waals surface area contributed by atoms with Gasteiger partial charge in [0.05, 0.1) is 6.04 Å². The van der Waals surface area contributed by atoms with Gasteiger partial charge >= 0.3 is 5.97 Å². The topological polar surface area (TPSA) is 97.1 Å². The Morgan fingerprint density at radius 1 is 0.969 bits per heavy atom. The number of nitrogens with one attached hydrogen (secondary N) is 1. The van der Waals surface area contributed by atoms with E-state index >= 15 is 0 Å². The molecule has 0 bridgehead atoms. The third-order valence-corrected chi connectivity index (χ3v) is 5.19. The molecule has 32 heavy (non-hydrogen) atoms. The van der Waals surface area contributed by atoms with Crippen LogP contribution >= 0.6 is 12.4 Å². The SMILES string of the molecule is CCCCCCC(C(=O)O)n1cnc(C(=O)NC(c2ccccc2)c2ccccc2)n1.Cl. The smallest absolute Gasteiger partial charge is 0.328 e. The molecule has 0 fully saturated rings. The summed E-state index contributed by atoms with van der Waals surface area (Å²) in [6.45, 7) is 2.11. The second-order valence-electron chi connectivity index (χ2n) is 7.48. The zero-order chi connectivity index (χ0) is 22.1. The van der Waals surface area contributed by atoms with Crippen molar-refractivity contribution in [1.82, 2.24) is 20.1 Å². The van der Waals surface area contributed by atoms with E-state index in [0.717, 1.165) is 36.8 Å². The number of carbonyl (C=O) groups excluding carboxylic acids is 1. The third-order valence-electron chi connectivity index (χ3n) is 5.19. The van der Waals surface area contributed by atoms with Crippen LogP contribution in [0.4, 0.5) is 0 Å². The van der Waals surface area contributed by atoms with Crippen LogP contribution in [0.25, 0.3) is 0 Å².